The fourth-order valence-corrected chi connectivity index (χ4v) is 3.69. The number of carbonyl (C=O) groups excluding carboxylic acids is 2. The SMILES string of the molecule is CCCCCCCC(=O)OCOC(=O)CCCCCCCCC(=O)O.O=C(O)CCCCCCCCC(=O)O. The van der Waals surface area contributed by atoms with Crippen LogP contribution in [-0.4, -0.2) is 52.0 Å². The molecule has 0 radical (unpaired) electrons. The Kier molecular flexibility index (Phi) is 29.5. The first kappa shape index (κ1) is 38.5. The molecule has 0 aliphatic carbocycles. The van der Waals surface area contributed by atoms with Crippen molar-refractivity contribution in [1.29, 1.82) is 0 Å². The number of carboxylic acids is 3. The van der Waals surface area contributed by atoms with Crippen molar-refractivity contribution in [3.05, 3.63) is 0 Å². The number of hydrogen-bond acceptors (Lipinski definition) is 7. The first-order chi connectivity index (χ1) is 18.7. The summed E-state index contributed by atoms with van der Waals surface area (Å²) in [5.41, 5.74) is 0. The summed E-state index contributed by atoms with van der Waals surface area (Å²) in [4.78, 5) is 53.6. The predicted octanol–water partition coefficient (Wildman–Crippen LogP) is 6.87. The maximum atomic E-state index is 11.5. The molecule has 0 rings (SSSR count). The van der Waals surface area contributed by atoms with Gasteiger partial charge in [0, 0.05) is 32.1 Å². The first-order valence-corrected chi connectivity index (χ1v) is 14.7. The lowest BCUT2D eigenvalue weighted by Crippen LogP contribution is -2.12. The lowest BCUT2D eigenvalue weighted by atomic mass is 10.1. The van der Waals surface area contributed by atoms with Gasteiger partial charge in [0.15, 0.2) is 0 Å². The van der Waals surface area contributed by atoms with Gasteiger partial charge in [-0.3, -0.25) is 24.0 Å². The van der Waals surface area contributed by atoms with Gasteiger partial charge in [0.2, 0.25) is 6.79 Å². The van der Waals surface area contributed by atoms with Gasteiger partial charge in [-0.05, 0) is 32.1 Å². The molecule has 0 bridgehead atoms. The van der Waals surface area contributed by atoms with E-state index in [-0.39, 0.29) is 38.0 Å². The standard InChI is InChI=1S/C19H34O6.C10H18O4/c1-2-3-4-7-11-14-18(22)24-16-25-19(23)15-12-9-6-5-8-10-13-17(20)21;11-9(12)7-5-3-1-2-4-6-8-10(13)14/h2-16H2,1H3,(H,20,21);1-8H2,(H,11,12)(H,13,14). The highest BCUT2D eigenvalue weighted by Crippen LogP contribution is 2.10. The van der Waals surface area contributed by atoms with Crippen LogP contribution in [0.25, 0.3) is 0 Å². The summed E-state index contributed by atoms with van der Waals surface area (Å²) in [6.45, 7) is 1.85. The molecule has 0 aromatic rings. The Morgan fingerprint density at radius 2 is 0.667 bits per heavy atom. The topological polar surface area (TPSA) is 164 Å². The molecule has 0 spiro atoms. The number of carbonyl (C=O) groups is 5. The zero-order valence-electron chi connectivity index (χ0n) is 24.0. The zero-order chi connectivity index (χ0) is 29.6. The Bertz CT molecular complexity index is 628. The van der Waals surface area contributed by atoms with Crippen molar-refractivity contribution < 1.29 is 48.8 Å². The molecule has 228 valence electrons. The molecule has 0 unspecified atom stereocenters. The van der Waals surface area contributed by atoms with Crippen LogP contribution in [0.5, 0.6) is 0 Å². The van der Waals surface area contributed by atoms with Gasteiger partial charge in [0.05, 0.1) is 0 Å². The van der Waals surface area contributed by atoms with E-state index in [1.54, 1.807) is 0 Å². The molecule has 0 amide bonds. The number of aliphatic carboxylic acids is 3. The molecule has 10 nitrogen and oxygen atoms in total. The number of ether oxygens (including phenoxy) is 2. The molecule has 0 aliphatic heterocycles. The average molecular weight is 561 g/mol. The highest BCUT2D eigenvalue weighted by atomic mass is 16.7. The summed E-state index contributed by atoms with van der Waals surface area (Å²) in [6, 6.07) is 0. The minimum absolute atomic E-state index is 0.226. The molecule has 0 aromatic carbocycles. The van der Waals surface area contributed by atoms with Crippen LogP contribution >= 0.6 is 0 Å². The van der Waals surface area contributed by atoms with Gasteiger partial charge in [-0.25, -0.2) is 0 Å². The number of esters is 2. The van der Waals surface area contributed by atoms with Gasteiger partial charge < -0.3 is 24.8 Å². The van der Waals surface area contributed by atoms with Crippen LogP contribution in [0, 0.1) is 0 Å². The Balaban J connectivity index is 0. The maximum absolute atomic E-state index is 11.5. The minimum Gasteiger partial charge on any atom is -0.481 e. The highest BCUT2D eigenvalue weighted by Gasteiger charge is 2.06. The molecule has 0 fully saturated rings. The van der Waals surface area contributed by atoms with E-state index >= 15 is 0 Å². The van der Waals surface area contributed by atoms with Gasteiger partial charge >= 0.3 is 29.8 Å². The molecule has 0 saturated heterocycles. The third-order valence-corrected chi connectivity index (χ3v) is 5.98. The fraction of sp³-hybridized carbons (Fsp3) is 0.828. The van der Waals surface area contributed by atoms with Crippen LogP contribution < -0.4 is 0 Å². The molecule has 0 atom stereocenters. The Labute approximate surface area is 233 Å². The minimum atomic E-state index is -0.750. The smallest absolute Gasteiger partial charge is 0.308 e. The second-order valence-corrected chi connectivity index (χ2v) is 9.74. The first-order valence-electron chi connectivity index (χ1n) is 14.7. The largest absolute Gasteiger partial charge is 0.481 e. The van der Waals surface area contributed by atoms with Crippen molar-refractivity contribution in [2.45, 2.75) is 148 Å². The summed E-state index contributed by atoms with van der Waals surface area (Å²) in [5.74, 6) is -2.89. The van der Waals surface area contributed by atoms with E-state index < -0.39 is 17.9 Å². The Hall–Kier alpha value is -2.65. The second kappa shape index (κ2) is 29.9. The van der Waals surface area contributed by atoms with Crippen LogP contribution in [-0.2, 0) is 33.4 Å². The molecular weight excluding hydrogens is 508 g/mol. The van der Waals surface area contributed by atoms with Crippen LogP contribution in [0.1, 0.15) is 148 Å². The summed E-state index contributed by atoms with van der Waals surface area (Å²) in [6.07, 6.45) is 17.3. The molecule has 0 aromatic heterocycles. The van der Waals surface area contributed by atoms with Crippen molar-refractivity contribution in [3.8, 4) is 0 Å². The molecule has 3 N–H and O–H groups in total. The van der Waals surface area contributed by atoms with Gasteiger partial charge in [-0.1, -0.05) is 84.0 Å². The van der Waals surface area contributed by atoms with Gasteiger partial charge in [0.1, 0.15) is 0 Å². The van der Waals surface area contributed by atoms with E-state index in [1.165, 1.54) is 12.8 Å². The number of hydrogen-bond donors (Lipinski definition) is 3. The van der Waals surface area contributed by atoms with E-state index in [4.69, 9.17) is 24.8 Å². The maximum Gasteiger partial charge on any atom is 0.308 e. The number of rotatable bonds is 26. The average Bonchev–Trinajstić information content (AvgIpc) is 2.87. The molecule has 0 aliphatic rings. The Morgan fingerprint density at radius 1 is 0.410 bits per heavy atom. The third kappa shape index (κ3) is 37.6. The molecular formula is C29H52O10. The predicted molar refractivity (Wildman–Crippen MR) is 147 cm³/mol. The lowest BCUT2D eigenvalue weighted by molar-refractivity contribution is -0.167. The van der Waals surface area contributed by atoms with E-state index in [2.05, 4.69) is 6.92 Å². The van der Waals surface area contributed by atoms with Gasteiger partial charge in [-0.2, -0.15) is 0 Å². The second-order valence-electron chi connectivity index (χ2n) is 9.74. The number of carboxylic acid groups (broad SMARTS) is 3. The van der Waals surface area contributed by atoms with Crippen LogP contribution in [0.3, 0.4) is 0 Å². The molecule has 10 heteroatoms. The van der Waals surface area contributed by atoms with E-state index in [1.807, 2.05) is 0 Å². The number of unbranched alkanes of at least 4 members (excludes halogenated alkanes) is 14. The fourth-order valence-electron chi connectivity index (χ4n) is 3.69. The monoisotopic (exact) mass is 560 g/mol. The third-order valence-electron chi connectivity index (χ3n) is 5.98. The highest BCUT2D eigenvalue weighted by molar-refractivity contribution is 5.71. The summed E-state index contributed by atoms with van der Waals surface area (Å²) in [7, 11) is 0. The van der Waals surface area contributed by atoms with E-state index in [9.17, 15) is 24.0 Å². The van der Waals surface area contributed by atoms with Crippen LogP contribution in [0.15, 0.2) is 0 Å². The van der Waals surface area contributed by atoms with Gasteiger partial charge in [0.25, 0.3) is 0 Å². The summed E-state index contributed by atoms with van der Waals surface area (Å²) in [5, 5.41) is 25.2. The molecule has 0 saturated carbocycles. The molecule has 0 heterocycles. The van der Waals surface area contributed by atoms with Crippen LogP contribution in [0.2, 0.25) is 0 Å². The van der Waals surface area contributed by atoms with Crippen molar-refractivity contribution in [3.63, 3.8) is 0 Å². The summed E-state index contributed by atoms with van der Waals surface area (Å²) >= 11 is 0. The normalized spacial score (nSPS) is 10.3. The van der Waals surface area contributed by atoms with Gasteiger partial charge in [-0.15, -0.1) is 0 Å². The zero-order valence-corrected chi connectivity index (χ0v) is 24.0. The lowest BCUT2D eigenvalue weighted by Gasteiger charge is -2.06. The van der Waals surface area contributed by atoms with Crippen molar-refractivity contribution >= 4 is 29.8 Å². The van der Waals surface area contributed by atoms with Crippen molar-refractivity contribution in [2.24, 2.45) is 0 Å². The van der Waals surface area contributed by atoms with Crippen molar-refractivity contribution in [1.82, 2.24) is 0 Å². The quantitative estimate of drug-likeness (QED) is 0.0577. The summed E-state index contributed by atoms with van der Waals surface area (Å²) < 4.78 is 9.76. The Morgan fingerprint density at radius 3 is 0.949 bits per heavy atom. The van der Waals surface area contributed by atoms with E-state index in [0.29, 0.717) is 19.3 Å². The molecule has 39 heavy (non-hydrogen) atoms. The van der Waals surface area contributed by atoms with E-state index in [0.717, 1.165) is 89.9 Å². The van der Waals surface area contributed by atoms with Crippen LogP contribution in [0.4, 0.5) is 0 Å². The van der Waals surface area contributed by atoms with Crippen molar-refractivity contribution in [2.75, 3.05) is 6.79 Å².